The quantitative estimate of drug-likeness (QED) is 0.521. The molecule has 1 aromatic carbocycles. The first-order valence-corrected chi connectivity index (χ1v) is 7.22. The summed E-state index contributed by atoms with van der Waals surface area (Å²) in [4.78, 5) is 12.8. The molecule has 0 aliphatic heterocycles. The molecule has 2 rings (SSSR count). The predicted octanol–water partition coefficient (Wildman–Crippen LogP) is 3.19. The number of hydrogen-bond donors (Lipinski definition) is 1. The zero-order valence-corrected chi connectivity index (χ0v) is 12.2. The lowest BCUT2D eigenvalue weighted by molar-refractivity contribution is -0.384. The van der Waals surface area contributed by atoms with Gasteiger partial charge in [-0.1, -0.05) is 25.8 Å². The van der Waals surface area contributed by atoms with Gasteiger partial charge in [0.1, 0.15) is 5.69 Å². The van der Waals surface area contributed by atoms with E-state index < -0.39 is 4.92 Å². The Morgan fingerprint density at radius 1 is 1.40 bits per heavy atom. The molecule has 5 heteroatoms. The van der Waals surface area contributed by atoms with Crippen LogP contribution in [-0.4, -0.2) is 22.9 Å². The molecule has 0 saturated heterocycles. The van der Waals surface area contributed by atoms with Gasteiger partial charge in [-0.05, 0) is 37.4 Å². The second-order valence-electron chi connectivity index (χ2n) is 5.89. The Morgan fingerprint density at radius 3 is 2.75 bits per heavy atom. The monoisotopic (exact) mass is 277 g/mol. The smallest absolute Gasteiger partial charge is 0.292 e. The van der Waals surface area contributed by atoms with Crippen LogP contribution < -0.4 is 5.73 Å². The van der Waals surface area contributed by atoms with E-state index in [0.717, 1.165) is 12.1 Å². The van der Waals surface area contributed by atoms with Crippen LogP contribution in [0.2, 0.25) is 0 Å². The van der Waals surface area contributed by atoms with Gasteiger partial charge in [0.05, 0.1) is 4.92 Å². The standard InChI is InChI=1S/C15H23N3O2/c1-11-5-3-4-6-14(11)17(2)10-12-7-8-13(16)15(9-12)18(19)20/h7-9,11,14H,3-6,10,16H2,1-2H3. The minimum atomic E-state index is -0.415. The van der Waals surface area contributed by atoms with Crippen molar-refractivity contribution < 1.29 is 4.92 Å². The van der Waals surface area contributed by atoms with E-state index in [4.69, 9.17) is 5.73 Å². The molecular weight excluding hydrogens is 254 g/mol. The third-order valence-electron chi connectivity index (χ3n) is 4.36. The number of hydrogen-bond acceptors (Lipinski definition) is 4. The molecule has 2 N–H and O–H groups in total. The summed E-state index contributed by atoms with van der Waals surface area (Å²) in [6.45, 7) is 3.03. The van der Waals surface area contributed by atoms with Gasteiger partial charge in [0, 0.05) is 18.7 Å². The van der Waals surface area contributed by atoms with Crippen LogP contribution in [0.15, 0.2) is 18.2 Å². The van der Waals surface area contributed by atoms with Gasteiger partial charge in [-0.2, -0.15) is 0 Å². The first-order valence-electron chi connectivity index (χ1n) is 7.22. The van der Waals surface area contributed by atoms with E-state index in [2.05, 4.69) is 18.9 Å². The molecule has 5 nitrogen and oxygen atoms in total. The number of rotatable bonds is 4. The van der Waals surface area contributed by atoms with Gasteiger partial charge in [0.2, 0.25) is 0 Å². The topological polar surface area (TPSA) is 72.4 Å². The zero-order chi connectivity index (χ0) is 14.7. The Kier molecular flexibility index (Phi) is 4.60. The van der Waals surface area contributed by atoms with Crippen molar-refractivity contribution in [3.05, 3.63) is 33.9 Å². The van der Waals surface area contributed by atoms with Crippen LogP contribution in [0.5, 0.6) is 0 Å². The third kappa shape index (κ3) is 3.28. The minimum absolute atomic E-state index is 0.00703. The summed E-state index contributed by atoms with van der Waals surface area (Å²) in [7, 11) is 2.11. The van der Waals surface area contributed by atoms with Crippen molar-refractivity contribution >= 4 is 11.4 Å². The Bertz CT molecular complexity index is 490. The summed E-state index contributed by atoms with van der Waals surface area (Å²) in [5.41, 5.74) is 6.82. The van der Waals surface area contributed by atoms with Crippen LogP contribution in [0.1, 0.15) is 38.2 Å². The number of nitrogen functional groups attached to an aromatic ring is 1. The van der Waals surface area contributed by atoms with Crippen molar-refractivity contribution in [1.82, 2.24) is 4.90 Å². The van der Waals surface area contributed by atoms with Crippen LogP contribution in [0, 0.1) is 16.0 Å². The van der Waals surface area contributed by atoms with Gasteiger partial charge in [0.25, 0.3) is 5.69 Å². The highest BCUT2D eigenvalue weighted by atomic mass is 16.6. The lowest BCUT2D eigenvalue weighted by Crippen LogP contribution is -2.38. The Balaban J connectivity index is 2.09. The van der Waals surface area contributed by atoms with E-state index in [9.17, 15) is 10.1 Å². The van der Waals surface area contributed by atoms with E-state index in [1.54, 1.807) is 12.1 Å². The van der Waals surface area contributed by atoms with Gasteiger partial charge in [0.15, 0.2) is 0 Å². The third-order valence-corrected chi connectivity index (χ3v) is 4.36. The van der Waals surface area contributed by atoms with Crippen molar-refractivity contribution in [3.8, 4) is 0 Å². The predicted molar refractivity (Wildman–Crippen MR) is 80.4 cm³/mol. The average molecular weight is 277 g/mol. The zero-order valence-electron chi connectivity index (χ0n) is 12.2. The molecule has 0 amide bonds. The van der Waals surface area contributed by atoms with Crippen LogP contribution >= 0.6 is 0 Å². The van der Waals surface area contributed by atoms with Crippen LogP contribution in [-0.2, 0) is 6.54 Å². The summed E-state index contributed by atoms with van der Waals surface area (Å²) < 4.78 is 0. The maximum Gasteiger partial charge on any atom is 0.292 e. The second-order valence-corrected chi connectivity index (χ2v) is 5.89. The van der Waals surface area contributed by atoms with Gasteiger partial charge in [-0.25, -0.2) is 0 Å². The summed E-state index contributed by atoms with van der Waals surface area (Å²) in [6, 6.07) is 5.68. The average Bonchev–Trinajstić information content (AvgIpc) is 2.41. The van der Waals surface area contributed by atoms with E-state index in [0.29, 0.717) is 12.0 Å². The fourth-order valence-corrected chi connectivity index (χ4v) is 3.20. The van der Waals surface area contributed by atoms with Gasteiger partial charge in [-0.3, -0.25) is 15.0 Å². The van der Waals surface area contributed by atoms with Crippen LogP contribution in [0.25, 0.3) is 0 Å². The summed E-state index contributed by atoms with van der Waals surface area (Å²) in [6.07, 6.45) is 5.09. The van der Waals surface area contributed by atoms with Gasteiger partial charge >= 0.3 is 0 Å². The molecule has 2 atom stereocenters. The molecule has 0 bridgehead atoms. The number of benzene rings is 1. The second kappa shape index (κ2) is 6.22. The highest BCUT2D eigenvalue weighted by molar-refractivity contribution is 5.59. The Hall–Kier alpha value is -1.62. The normalized spacial score (nSPS) is 22.9. The highest BCUT2D eigenvalue weighted by Crippen LogP contribution is 2.29. The number of nitrogens with zero attached hydrogens (tertiary/aromatic N) is 2. The maximum absolute atomic E-state index is 10.9. The molecule has 0 heterocycles. The van der Waals surface area contributed by atoms with Gasteiger partial charge < -0.3 is 5.73 Å². The molecule has 0 radical (unpaired) electrons. The summed E-state index contributed by atoms with van der Waals surface area (Å²) in [5.74, 6) is 0.692. The SMILES string of the molecule is CC1CCCCC1N(C)Cc1ccc(N)c([N+](=O)[O-])c1. The van der Waals surface area contributed by atoms with Crippen LogP contribution in [0.4, 0.5) is 11.4 Å². The first-order chi connectivity index (χ1) is 9.49. The van der Waals surface area contributed by atoms with Crippen molar-refractivity contribution in [2.75, 3.05) is 12.8 Å². The Morgan fingerprint density at radius 2 is 2.10 bits per heavy atom. The van der Waals surface area contributed by atoms with E-state index in [-0.39, 0.29) is 11.4 Å². The van der Waals surface area contributed by atoms with Crippen molar-refractivity contribution in [2.24, 2.45) is 5.92 Å². The van der Waals surface area contributed by atoms with E-state index in [1.165, 1.54) is 25.7 Å². The lowest BCUT2D eigenvalue weighted by atomic mass is 9.85. The molecule has 1 aliphatic rings. The fraction of sp³-hybridized carbons (Fsp3) is 0.600. The molecule has 2 unspecified atom stereocenters. The molecule has 1 saturated carbocycles. The summed E-state index contributed by atoms with van der Waals surface area (Å²) in [5, 5.41) is 10.9. The first kappa shape index (κ1) is 14.8. The molecule has 1 aliphatic carbocycles. The molecule has 1 fully saturated rings. The van der Waals surface area contributed by atoms with Crippen molar-refractivity contribution in [1.29, 1.82) is 0 Å². The number of nitro groups is 1. The Labute approximate surface area is 119 Å². The minimum Gasteiger partial charge on any atom is -0.393 e. The van der Waals surface area contributed by atoms with E-state index >= 15 is 0 Å². The van der Waals surface area contributed by atoms with Crippen LogP contribution in [0.3, 0.4) is 0 Å². The maximum atomic E-state index is 10.9. The lowest BCUT2D eigenvalue weighted by Gasteiger charge is -2.36. The van der Waals surface area contributed by atoms with Crippen molar-refractivity contribution in [2.45, 2.75) is 45.2 Å². The highest BCUT2D eigenvalue weighted by Gasteiger charge is 2.25. The van der Waals surface area contributed by atoms with E-state index in [1.807, 2.05) is 6.07 Å². The molecule has 1 aromatic rings. The molecule has 0 aromatic heterocycles. The largest absolute Gasteiger partial charge is 0.393 e. The fourth-order valence-electron chi connectivity index (χ4n) is 3.20. The number of nitro benzene ring substituents is 1. The molecular formula is C15H23N3O2. The molecule has 110 valence electrons. The number of anilines is 1. The molecule has 20 heavy (non-hydrogen) atoms. The molecule has 0 spiro atoms. The summed E-state index contributed by atoms with van der Waals surface area (Å²) >= 11 is 0. The van der Waals surface area contributed by atoms with Crippen molar-refractivity contribution in [3.63, 3.8) is 0 Å². The number of nitrogens with two attached hydrogens (primary N) is 1. The van der Waals surface area contributed by atoms with Gasteiger partial charge in [-0.15, -0.1) is 0 Å².